The van der Waals surface area contributed by atoms with Crippen LogP contribution in [-0.4, -0.2) is 17.7 Å². The van der Waals surface area contributed by atoms with Gasteiger partial charge in [0, 0.05) is 23.8 Å². The Kier molecular flexibility index (Phi) is 4.89. The van der Waals surface area contributed by atoms with Gasteiger partial charge in [0.15, 0.2) is 0 Å². The molecule has 3 saturated carbocycles. The summed E-state index contributed by atoms with van der Waals surface area (Å²) in [5, 5.41) is 3.28. The van der Waals surface area contributed by atoms with Crippen LogP contribution in [0.25, 0.3) is 0 Å². The summed E-state index contributed by atoms with van der Waals surface area (Å²) in [5.41, 5.74) is 0. The van der Waals surface area contributed by atoms with Gasteiger partial charge in [-0.3, -0.25) is 9.59 Å². The second-order valence-corrected chi connectivity index (χ2v) is 8.10. The lowest BCUT2D eigenvalue weighted by Crippen LogP contribution is -2.45. The topological polar surface area (TPSA) is 46.2 Å². The maximum absolute atomic E-state index is 12.6. The van der Waals surface area contributed by atoms with Crippen LogP contribution in [0.1, 0.15) is 71.6 Å². The van der Waals surface area contributed by atoms with E-state index in [1.807, 2.05) is 0 Å². The first-order chi connectivity index (χ1) is 10.6. The van der Waals surface area contributed by atoms with Crippen LogP contribution in [-0.2, 0) is 9.59 Å². The average molecular weight is 305 g/mol. The molecule has 3 rings (SSSR count). The van der Waals surface area contributed by atoms with Gasteiger partial charge in [-0.05, 0) is 44.4 Å². The van der Waals surface area contributed by atoms with Gasteiger partial charge in [-0.15, -0.1) is 0 Å². The second kappa shape index (κ2) is 6.72. The number of fused-ring (bicyclic) bond motifs is 2. The summed E-state index contributed by atoms with van der Waals surface area (Å²) >= 11 is 0. The van der Waals surface area contributed by atoms with Crippen molar-refractivity contribution in [3.05, 3.63) is 0 Å². The van der Waals surface area contributed by atoms with Gasteiger partial charge in [0.2, 0.25) is 5.91 Å². The van der Waals surface area contributed by atoms with Crippen molar-refractivity contribution in [3.63, 3.8) is 0 Å². The second-order valence-electron chi connectivity index (χ2n) is 8.10. The van der Waals surface area contributed by atoms with Gasteiger partial charge in [-0.2, -0.15) is 0 Å². The highest BCUT2D eigenvalue weighted by Gasteiger charge is 2.43. The lowest BCUT2D eigenvalue weighted by Gasteiger charge is -2.33. The van der Waals surface area contributed by atoms with E-state index in [9.17, 15) is 9.59 Å². The molecule has 0 aromatic heterocycles. The summed E-state index contributed by atoms with van der Waals surface area (Å²) in [5.74, 6) is 2.42. The molecule has 3 aliphatic rings. The smallest absolute Gasteiger partial charge is 0.223 e. The van der Waals surface area contributed by atoms with Crippen LogP contribution in [0.5, 0.6) is 0 Å². The van der Waals surface area contributed by atoms with E-state index >= 15 is 0 Å². The Bertz CT molecular complexity index is 411. The number of hydrogen-bond acceptors (Lipinski definition) is 2. The summed E-state index contributed by atoms with van der Waals surface area (Å²) in [6, 6.07) is 0.255. The molecule has 0 heterocycles. The predicted octanol–water partition coefficient (Wildman–Crippen LogP) is 3.71. The Morgan fingerprint density at radius 1 is 1.00 bits per heavy atom. The molecule has 5 atom stereocenters. The van der Waals surface area contributed by atoms with Crippen molar-refractivity contribution in [2.45, 2.75) is 77.7 Å². The summed E-state index contributed by atoms with van der Waals surface area (Å²) in [6.45, 7) is 4.47. The lowest BCUT2D eigenvalue weighted by molar-refractivity contribution is -0.132. The number of carbonyl (C=O) groups excluding carboxylic acids is 2. The molecule has 2 bridgehead atoms. The lowest BCUT2D eigenvalue weighted by atomic mass is 9.77. The molecule has 3 aliphatic carbocycles. The molecule has 3 nitrogen and oxygen atoms in total. The number of Topliss-reactive ketones (excluding diaryl/α,β-unsaturated/α-hetero) is 1. The van der Waals surface area contributed by atoms with Crippen molar-refractivity contribution >= 4 is 11.7 Å². The summed E-state index contributed by atoms with van der Waals surface area (Å²) in [7, 11) is 0. The van der Waals surface area contributed by atoms with Crippen LogP contribution < -0.4 is 5.32 Å². The van der Waals surface area contributed by atoms with E-state index in [4.69, 9.17) is 0 Å². The van der Waals surface area contributed by atoms with Crippen LogP contribution in [0, 0.1) is 29.6 Å². The number of amides is 1. The Labute approximate surface area is 134 Å². The van der Waals surface area contributed by atoms with E-state index in [-0.39, 0.29) is 29.7 Å². The van der Waals surface area contributed by atoms with Crippen molar-refractivity contribution in [2.24, 2.45) is 29.6 Å². The molecule has 3 heteroatoms. The zero-order valence-corrected chi connectivity index (χ0v) is 14.1. The molecular weight excluding hydrogens is 274 g/mol. The number of carbonyl (C=O) groups is 2. The van der Waals surface area contributed by atoms with Crippen LogP contribution in [0.4, 0.5) is 0 Å². The fourth-order valence-corrected chi connectivity index (χ4v) is 5.03. The standard InChI is InChI=1S/C19H31NO2/c1-12(14-6-4-3-5-7-14)13(2)20-19(22)17-10-15-8-9-16(11-17)18(15)21/h12-17H,3-11H2,1-2H3,(H,20,22)/t12-,13-,15-,16+,17?/m1/s1. The van der Waals surface area contributed by atoms with Gasteiger partial charge in [-0.1, -0.05) is 39.0 Å². The number of nitrogens with one attached hydrogen (secondary N) is 1. The molecule has 1 N–H and O–H groups in total. The number of hydrogen-bond donors (Lipinski definition) is 1. The van der Waals surface area contributed by atoms with E-state index in [1.54, 1.807) is 0 Å². The van der Waals surface area contributed by atoms with Gasteiger partial charge >= 0.3 is 0 Å². The Morgan fingerprint density at radius 3 is 2.18 bits per heavy atom. The zero-order valence-electron chi connectivity index (χ0n) is 14.1. The molecule has 1 unspecified atom stereocenters. The van der Waals surface area contributed by atoms with Crippen molar-refractivity contribution in [1.82, 2.24) is 5.32 Å². The molecule has 3 fully saturated rings. The zero-order chi connectivity index (χ0) is 15.7. The van der Waals surface area contributed by atoms with Gasteiger partial charge in [0.25, 0.3) is 0 Å². The number of rotatable bonds is 4. The monoisotopic (exact) mass is 305 g/mol. The third-order valence-electron chi connectivity index (χ3n) is 6.73. The third kappa shape index (κ3) is 3.23. The first-order valence-corrected chi connectivity index (χ1v) is 9.40. The van der Waals surface area contributed by atoms with E-state index in [0.29, 0.717) is 11.7 Å². The highest BCUT2D eigenvalue weighted by molar-refractivity contribution is 5.89. The van der Waals surface area contributed by atoms with Crippen molar-refractivity contribution in [1.29, 1.82) is 0 Å². The maximum atomic E-state index is 12.6. The Balaban J connectivity index is 1.51. The molecule has 124 valence electrons. The van der Waals surface area contributed by atoms with Crippen molar-refractivity contribution < 1.29 is 9.59 Å². The largest absolute Gasteiger partial charge is 0.353 e. The van der Waals surface area contributed by atoms with Crippen molar-refractivity contribution in [2.75, 3.05) is 0 Å². The van der Waals surface area contributed by atoms with E-state index in [1.165, 1.54) is 32.1 Å². The van der Waals surface area contributed by atoms with Crippen LogP contribution >= 0.6 is 0 Å². The maximum Gasteiger partial charge on any atom is 0.223 e. The Morgan fingerprint density at radius 2 is 1.59 bits per heavy atom. The normalized spacial score (nSPS) is 35.2. The minimum absolute atomic E-state index is 0.0798. The molecule has 1 amide bonds. The van der Waals surface area contributed by atoms with E-state index in [0.717, 1.165) is 31.6 Å². The van der Waals surface area contributed by atoms with E-state index < -0.39 is 0 Å². The van der Waals surface area contributed by atoms with Crippen LogP contribution in [0.15, 0.2) is 0 Å². The van der Waals surface area contributed by atoms with Crippen LogP contribution in [0.3, 0.4) is 0 Å². The molecule has 0 radical (unpaired) electrons. The molecule has 0 aliphatic heterocycles. The van der Waals surface area contributed by atoms with Gasteiger partial charge in [0.05, 0.1) is 0 Å². The minimum Gasteiger partial charge on any atom is -0.353 e. The molecular formula is C19H31NO2. The van der Waals surface area contributed by atoms with E-state index in [2.05, 4.69) is 19.2 Å². The van der Waals surface area contributed by atoms with Gasteiger partial charge in [-0.25, -0.2) is 0 Å². The first kappa shape index (κ1) is 16.0. The first-order valence-electron chi connectivity index (χ1n) is 9.40. The third-order valence-corrected chi connectivity index (χ3v) is 6.73. The van der Waals surface area contributed by atoms with Crippen LogP contribution in [0.2, 0.25) is 0 Å². The molecule has 0 saturated heterocycles. The SMILES string of the molecule is C[C@@H](NC(=O)C1C[C@H]2CC[C@@H](C1)C2=O)[C@@H](C)C1CCCCC1. The number of ketones is 1. The fourth-order valence-electron chi connectivity index (χ4n) is 5.03. The van der Waals surface area contributed by atoms with Crippen molar-refractivity contribution in [3.8, 4) is 0 Å². The minimum atomic E-state index is 0.0798. The summed E-state index contributed by atoms with van der Waals surface area (Å²) < 4.78 is 0. The summed E-state index contributed by atoms with van der Waals surface area (Å²) in [6.07, 6.45) is 10.4. The van der Waals surface area contributed by atoms with Gasteiger partial charge < -0.3 is 5.32 Å². The summed E-state index contributed by atoms with van der Waals surface area (Å²) in [4.78, 5) is 24.6. The predicted molar refractivity (Wildman–Crippen MR) is 87.3 cm³/mol. The fraction of sp³-hybridized carbons (Fsp3) is 0.895. The molecule has 0 spiro atoms. The van der Waals surface area contributed by atoms with Gasteiger partial charge in [0.1, 0.15) is 5.78 Å². The molecule has 0 aromatic rings. The Hall–Kier alpha value is -0.860. The highest BCUT2D eigenvalue weighted by atomic mass is 16.2. The quantitative estimate of drug-likeness (QED) is 0.860. The highest BCUT2D eigenvalue weighted by Crippen LogP contribution is 2.42. The molecule has 0 aromatic carbocycles. The average Bonchev–Trinajstić information content (AvgIpc) is 2.76. The molecule has 22 heavy (non-hydrogen) atoms.